The molecular formula is C16H25NO3. The Labute approximate surface area is 121 Å². The van der Waals surface area contributed by atoms with Crippen molar-refractivity contribution in [2.24, 2.45) is 5.92 Å². The van der Waals surface area contributed by atoms with Crippen LogP contribution in [0.2, 0.25) is 0 Å². The largest absolute Gasteiger partial charge is 0.490 e. The predicted octanol–water partition coefficient (Wildman–Crippen LogP) is 2.48. The maximum Gasteiger partial charge on any atom is 0.161 e. The van der Waals surface area contributed by atoms with Gasteiger partial charge in [0.25, 0.3) is 0 Å². The van der Waals surface area contributed by atoms with E-state index in [0.717, 1.165) is 43.7 Å². The first kappa shape index (κ1) is 15.1. The van der Waals surface area contributed by atoms with Crippen LogP contribution in [0.4, 0.5) is 0 Å². The lowest BCUT2D eigenvalue weighted by Gasteiger charge is -2.22. The van der Waals surface area contributed by atoms with Gasteiger partial charge in [0, 0.05) is 19.8 Å². The van der Waals surface area contributed by atoms with Crippen molar-refractivity contribution in [1.82, 2.24) is 5.32 Å². The Morgan fingerprint density at radius 3 is 2.55 bits per heavy atom. The van der Waals surface area contributed by atoms with Gasteiger partial charge in [-0.1, -0.05) is 12.1 Å². The van der Waals surface area contributed by atoms with Crippen LogP contribution < -0.4 is 14.8 Å². The Morgan fingerprint density at radius 2 is 1.85 bits per heavy atom. The van der Waals surface area contributed by atoms with Crippen molar-refractivity contribution in [1.29, 1.82) is 0 Å². The van der Waals surface area contributed by atoms with Crippen LogP contribution >= 0.6 is 0 Å². The van der Waals surface area contributed by atoms with Gasteiger partial charge in [0.2, 0.25) is 0 Å². The van der Waals surface area contributed by atoms with Gasteiger partial charge in [0.1, 0.15) is 6.61 Å². The molecule has 0 aromatic heterocycles. The maximum atomic E-state index is 5.77. The first-order valence-corrected chi connectivity index (χ1v) is 7.53. The zero-order chi connectivity index (χ0) is 14.0. The Kier molecular flexibility index (Phi) is 6.68. The van der Waals surface area contributed by atoms with Crippen molar-refractivity contribution in [3.8, 4) is 11.5 Å². The molecule has 0 bridgehead atoms. The first-order valence-electron chi connectivity index (χ1n) is 7.53. The lowest BCUT2D eigenvalue weighted by atomic mass is 10.0. The zero-order valence-electron chi connectivity index (χ0n) is 12.3. The quantitative estimate of drug-likeness (QED) is 0.742. The average molecular weight is 279 g/mol. The second-order valence-corrected chi connectivity index (χ2v) is 4.99. The van der Waals surface area contributed by atoms with Gasteiger partial charge in [-0.05, 0) is 44.4 Å². The van der Waals surface area contributed by atoms with Gasteiger partial charge < -0.3 is 19.5 Å². The summed E-state index contributed by atoms with van der Waals surface area (Å²) in [6, 6.07) is 7.81. The molecule has 4 heteroatoms. The van der Waals surface area contributed by atoms with E-state index in [1.807, 2.05) is 31.2 Å². The molecule has 1 aliphatic rings. The highest BCUT2D eigenvalue weighted by molar-refractivity contribution is 5.39. The number of para-hydroxylation sites is 2. The van der Waals surface area contributed by atoms with E-state index in [1.54, 1.807) is 0 Å². The Balaban J connectivity index is 1.63. The number of rotatable bonds is 8. The monoisotopic (exact) mass is 279 g/mol. The fraction of sp³-hybridized carbons (Fsp3) is 0.625. The molecule has 1 aromatic carbocycles. The van der Waals surface area contributed by atoms with Crippen molar-refractivity contribution >= 4 is 0 Å². The molecule has 1 N–H and O–H groups in total. The third kappa shape index (κ3) is 5.02. The van der Waals surface area contributed by atoms with E-state index in [-0.39, 0.29) is 0 Å². The third-order valence-corrected chi connectivity index (χ3v) is 3.46. The number of benzene rings is 1. The fourth-order valence-electron chi connectivity index (χ4n) is 2.33. The molecule has 112 valence electrons. The van der Waals surface area contributed by atoms with E-state index in [0.29, 0.717) is 13.2 Å². The summed E-state index contributed by atoms with van der Waals surface area (Å²) in [6.45, 7) is 7.02. The Hall–Kier alpha value is -1.26. The molecule has 0 saturated carbocycles. The molecule has 1 aromatic rings. The third-order valence-electron chi connectivity index (χ3n) is 3.46. The van der Waals surface area contributed by atoms with Crippen molar-refractivity contribution in [2.75, 3.05) is 39.5 Å². The van der Waals surface area contributed by atoms with Crippen LogP contribution in [0.1, 0.15) is 19.8 Å². The molecule has 2 rings (SSSR count). The molecule has 1 saturated heterocycles. The van der Waals surface area contributed by atoms with E-state index in [1.165, 1.54) is 12.8 Å². The molecule has 0 unspecified atom stereocenters. The molecule has 1 heterocycles. The Morgan fingerprint density at radius 1 is 1.15 bits per heavy atom. The van der Waals surface area contributed by atoms with E-state index in [9.17, 15) is 0 Å². The summed E-state index contributed by atoms with van der Waals surface area (Å²) in [6.07, 6.45) is 2.34. The normalized spacial score (nSPS) is 16.1. The van der Waals surface area contributed by atoms with Crippen LogP contribution in [-0.4, -0.2) is 39.5 Å². The summed E-state index contributed by atoms with van der Waals surface area (Å²) in [5.74, 6) is 2.39. The highest BCUT2D eigenvalue weighted by atomic mass is 16.5. The smallest absolute Gasteiger partial charge is 0.161 e. The molecule has 0 atom stereocenters. The van der Waals surface area contributed by atoms with Crippen LogP contribution in [0.3, 0.4) is 0 Å². The second-order valence-electron chi connectivity index (χ2n) is 4.99. The van der Waals surface area contributed by atoms with Gasteiger partial charge in [0.15, 0.2) is 11.5 Å². The van der Waals surface area contributed by atoms with Gasteiger partial charge in [-0.3, -0.25) is 0 Å². The zero-order valence-corrected chi connectivity index (χ0v) is 12.3. The van der Waals surface area contributed by atoms with Crippen molar-refractivity contribution in [3.63, 3.8) is 0 Å². The highest BCUT2D eigenvalue weighted by Gasteiger charge is 2.12. The molecule has 0 radical (unpaired) electrons. The lowest BCUT2D eigenvalue weighted by molar-refractivity contribution is 0.0661. The van der Waals surface area contributed by atoms with Crippen LogP contribution in [0.5, 0.6) is 11.5 Å². The second kappa shape index (κ2) is 8.82. The minimum absolute atomic E-state index is 0.655. The summed E-state index contributed by atoms with van der Waals surface area (Å²) >= 11 is 0. The summed E-state index contributed by atoms with van der Waals surface area (Å²) < 4.78 is 16.7. The van der Waals surface area contributed by atoms with Crippen LogP contribution in [0, 0.1) is 5.92 Å². The first-order chi connectivity index (χ1) is 9.90. The molecular weight excluding hydrogens is 254 g/mol. The van der Waals surface area contributed by atoms with Gasteiger partial charge in [-0.25, -0.2) is 0 Å². The topological polar surface area (TPSA) is 39.7 Å². The van der Waals surface area contributed by atoms with Crippen LogP contribution in [0.15, 0.2) is 24.3 Å². The average Bonchev–Trinajstić information content (AvgIpc) is 2.50. The van der Waals surface area contributed by atoms with Gasteiger partial charge >= 0.3 is 0 Å². The predicted molar refractivity (Wildman–Crippen MR) is 79.5 cm³/mol. The number of hydrogen-bond donors (Lipinski definition) is 1. The molecule has 1 aliphatic heterocycles. The molecule has 0 amide bonds. The van der Waals surface area contributed by atoms with Gasteiger partial charge in [-0.15, -0.1) is 0 Å². The molecule has 1 fully saturated rings. The van der Waals surface area contributed by atoms with Crippen LogP contribution in [0.25, 0.3) is 0 Å². The summed E-state index contributed by atoms with van der Waals surface area (Å²) in [4.78, 5) is 0. The molecule has 4 nitrogen and oxygen atoms in total. The van der Waals surface area contributed by atoms with E-state index in [4.69, 9.17) is 14.2 Å². The minimum Gasteiger partial charge on any atom is -0.490 e. The number of nitrogens with one attached hydrogen (secondary N) is 1. The minimum atomic E-state index is 0.655. The maximum absolute atomic E-state index is 5.77. The van der Waals surface area contributed by atoms with Crippen LogP contribution in [-0.2, 0) is 4.74 Å². The summed E-state index contributed by atoms with van der Waals surface area (Å²) in [5.41, 5.74) is 0. The fourth-order valence-corrected chi connectivity index (χ4v) is 2.33. The van der Waals surface area contributed by atoms with E-state index < -0.39 is 0 Å². The Bertz CT molecular complexity index is 378. The van der Waals surface area contributed by atoms with E-state index >= 15 is 0 Å². The summed E-state index contributed by atoms with van der Waals surface area (Å²) in [7, 11) is 0. The molecule has 0 aliphatic carbocycles. The summed E-state index contributed by atoms with van der Waals surface area (Å²) in [5, 5.41) is 3.46. The standard InChI is InChI=1S/C16H25NO3/c1-2-19-15-5-3-4-6-16(15)20-12-9-17-13-14-7-10-18-11-8-14/h3-6,14,17H,2,7-13H2,1H3. The lowest BCUT2D eigenvalue weighted by Crippen LogP contribution is -2.30. The van der Waals surface area contributed by atoms with Crippen molar-refractivity contribution in [2.45, 2.75) is 19.8 Å². The number of ether oxygens (including phenoxy) is 3. The van der Waals surface area contributed by atoms with Gasteiger partial charge in [0.05, 0.1) is 6.61 Å². The van der Waals surface area contributed by atoms with Crippen molar-refractivity contribution in [3.05, 3.63) is 24.3 Å². The highest BCUT2D eigenvalue weighted by Crippen LogP contribution is 2.26. The van der Waals surface area contributed by atoms with Crippen molar-refractivity contribution < 1.29 is 14.2 Å². The SMILES string of the molecule is CCOc1ccccc1OCCNCC1CCOCC1. The molecule has 0 spiro atoms. The van der Waals surface area contributed by atoms with Gasteiger partial charge in [-0.2, -0.15) is 0 Å². The van der Waals surface area contributed by atoms with E-state index in [2.05, 4.69) is 5.32 Å². The molecule has 20 heavy (non-hydrogen) atoms. The number of hydrogen-bond acceptors (Lipinski definition) is 4.